The number of hydrogen-bond donors (Lipinski definition) is 2. The fourth-order valence-corrected chi connectivity index (χ4v) is 2.17. The second-order valence-corrected chi connectivity index (χ2v) is 4.88. The SMILES string of the molecule is O=C(Cn1cccn1)Nc1ccc(-c2cccc(O)c2)cc1. The summed E-state index contributed by atoms with van der Waals surface area (Å²) in [5, 5.41) is 16.3. The Morgan fingerprint density at radius 2 is 1.91 bits per heavy atom. The van der Waals surface area contributed by atoms with Gasteiger partial charge in [0.25, 0.3) is 0 Å². The van der Waals surface area contributed by atoms with Crippen LogP contribution in [0.15, 0.2) is 67.0 Å². The van der Waals surface area contributed by atoms with Crippen LogP contribution >= 0.6 is 0 Å². The number of anilines is 1. The van der Waals surface area contributed by atoms with E-state index in [9.17, 15) is 9.90 Å². The van der Waals surface area contributed by atoms with Gasteiger partial charge in [0, 0.05) is 18.1 Å². The van der Waals surface area contributed by atoms with Crippen LogP contribution in [-0.4, -0.2) is 20.8 Å². The van der Waals surface area contributed by atoms with Crippen LogP contribution in [0, 0.1) is 0 Å². The first-order chi connectivity index (χ1) is 10.7. The number of phenols is 1. The fourth-order valence-electron chi connectivity index (χ4n) is 2.17. The van der Waals surface area contributed by atoms with E-state index in [1.54, 1.807) is 41.3 Å². The number of aromatic hydroxyl groups is 1. The smallest absolute Gasteiger partial charge is 0.246 e. The van der Waals surface area contributed by atoms with E-state index in [2.05, 4.69) is 10.4 Å². The Bertz CT molecular complexity index is 765. The molecule has 0 saturated heterocycles. The summed E-state index contributed by atoms with van der Waals surface area (Å²) < 4.78 is 1.57. The van der Waals surface area contributed by atoms with Gasteiger partial charge < -0.3 is 10.4 Å². The van der Waals surface area contributed by atoms with E-state index in [1.165, 1.54) is 0 Å². The van der Waals surface area contributed by atoms with E-state index in [0.717, 1.165) is 16.8 Å². The van der Waals surface area contributed by atoms with Crippen molar-refractivity contribution in [1.82, 2.24) is 9.78 Å². The summed E-state index contributed by atoms with van der Waals surface area (Å²) in [4.78, 5) is 11.9. The Balaban J connectivity index is 1.68. The topological polar surface area (TPSA) is 67.2 Å². The van der Waals surface area contributed by atoms with Gasteiger partial charge in [-0.25, -0.2) is 0 Å². The maximum atomic E-state index is 11.9. The number of hydrogen-bond acceptors (Lipinski definition) is 3. The van der Waals surface area contributed by atoms with Crippen LogP contribution in [-0.2, 0) is 11.3 Å². The maximum Gasteiger partial charge on any atom is 0.246 e. The van der Waals surface area contributed by atoms with Crippen LogP contribution in [0.4, 0.5) is 5.69 Å². The van der Waals surface area contributed by atoms with Gasteiger partial charge in [-0.2, -0.15) is 5.10 Å². The molecule has 5 nitrogen and oxygen atoms in total. The zero-order chi connectivity index (χ0) is 15.4. The van der Waals surface area contributed by atoms with Gasteiger partial charge in [0.15, 0.2) is 0 Å². The molecular weight excluding hydrogens is 278 g/mol. The minimum absolute atomic E-state index is 0.131. The quantitative estimate of drug-likeness (QED) is 0.777. The Morgan fingerprint density at radius 1 is 1.09 bits per heavy atom. The maximum absolute atomic E-state index is 11.9. The molecule has 22 heavy (non-hydrogen) atoms. The van der Waals surface area contributed by atoms with Crippen LogP contribution in [0.1, 0.15) is 0 Å². The summed E-state index contributed by atoms with van der Waals surface area (Å²) in [7, 11) is 0. The molecule has 0 aliphatic rings. The number of carbonyl (C=O) groups excluding carboxylic acids is 1. The number of nitrogens with zero attached hydrogens (tertiary/aromatic N) is 2. The van der Waals surface area contributed by atoms with E-state index < -0.39 is 0 Å². The van der Waals surface area contributed by atoms with E-state index in [-0.39, 0.29) is 18.2 Å². The summed E-state index contributed by atoms with van der Waals surface area (Å²) >= 11 is 0. The van der Waals surface area contributed by atoms with Crippen molar-refractivity contribution in [3.63, 3.8) is 0 Å². The van der Waals surface area contributed by atoms with Crippen LogP contribution in [0.2, 0.25) is 0 Å². The number of nitrogens with one attached hydrogen (secondary N) is 1. The van der Waals surface area contributed by atoms with Crippen LogP contribution in [0.25, 0.3) is 11.1 Å². The van der Waals surface area contributed by atoms with Crippen molar-refractivity contribution in [2.75, 3.05) is 5.32 Å². The number of amides is 1. The fraction of sp³-hybridized carbons (Fsp3) is 0.0588. The molecule has 0 aliphatic carbocycles. The minimum atomic E-state index is -0.131. The standard InChI is InChI=1S/C17H15N3O2/c21-16-4-1-3-14(11-16)13-5-7-15(8-6-13)19-17(22)12-20-10-2-9-18-20/h1-11,21H,12H2,(H,19,22). The molecule has 0 aliphatic heterocycles. The molecule has 0 spiro atoms. The lowest BCUT2D eigenvalue weighted by molar-refractivity contribution is -0.116. The van der Waals surface area contributed by atoms with Crippen molar-refractivity contribution in [3.05, 3.63) is 67.0 Å². The van der Waals surface area contributed by atoms with Crippen molar-refractivity contribution >= 4 is 11.6 Å². The lowest BCUT2D eigenvalue weighted by atomic mass is 10.1. The van der Waals surface area contributed by atoms with Crippen molar-refractivity contribution in [1.29, 1.82) is 0 Å². The molecule has 110 valence electrons. The Morgan fingerprint density at radius 3 is 2.59 bits per heavy atom. The summed E-state index contributed by atoms with van der Waals surface area (Å²) in [5.41, 5.74) is 2.62. The Labute approximate surface area is 127 Å². The van der Waals surface area contributed by atoms with Gasteiger partial charge in [-0.15, -0.1) is 0 Å². The summed E-state index contributed by atoms with van der Waals surface area (Å²) in [5.74, 6) is 0.0999. The lowest BCUT2D eigenvalue weighted by Crippen LogP contribution is -2.18. The van der Waals surface area contributed by atoms with Gasteiger partial charge in [-0.1, -0.05) is 24.3 Å². The molecule has 3 aromatic rings. The number of rotatable bonds is 4. The van der Waals surface area contributed by atoms with Gasteiger partial charge in [-0.3, -0.25) is 9.48 Å². The Hall–Kier alpha value is -3.08. The number of carbonyl (C=O) groups is 1. The second-order valence-electron chi connectivity index (χ2n) is 4.88. The van der Waals surface area contributed by atoms with E-state index in [0.29, 0.717) is 0 Å². The molecule has 0 radical (unpaired) electrons. The molecule has 3 rings (SSSR count). The number of benzene rings is 2. The van der Waals surface area contributed by atoms with Crippen molar-refractivity contribution in [2.24, 2.45) is 0 Å². The van der Waals surface area contributed by atoms with Gasteiger partial charge in [0.1, 0.15) is 12.3 Å². The lowest BCUT2D eigenvalue weighted by Gasteiger charge is -2.07. The molecule has 1 heterocycles. The summed E-state index contributed by atoms with van der Waals surface area (Å²) in [6.07, 6.45) is 3.38. The number of phenolic OH excluding ortho intramolecular Hbond substituents is 1. The van der Waals surface area contributed by atoms with E-state index in [4.69, 9.17) is 0 Å². The first-order valence-corrected chi connectivity index (χ1v) is 6.87. The zero-order valence-corrected chi connectivity index (χ0v) is 11.8. The molecule has 0 fully saturated rings. The van der Waals surface area contributed by atoms with E-state index >= 15 is 0 Å². The highest BCUT2D eigenvalue weighted by atomic mass is 16.3. The van der Waals surface area contributed by atoms with Gasteiger partial charge in [0.2, 0.25) is 5.91 Å². The molecule has 2 aromatic carbocycles. The van der Waals surface area contributed by atoms with Crippen molar-refractivity contribution < 1.29 is 9.90 Å². The van der Waals surface area contributed by atoms with Crippen molar-refractivity contribution in [2.45, 2.75) is 6.54 Å². The van der Waals surface area contributed by atoms with Gasteiger partial charge in [-0.05, 0) is 41.5 Å². The third kappa shape index (κ3) is 3.32. The molecule has 5 heteroatoms. The Kier molecular flexibility index (Phi) is 3.87. The number of aromatic nitrogens is 2. The zero-order valence-electron chi connectivity index (χ0n) is 11.8. The highest BCUT2D eigenvalue weighted by molar-refractivity contribution is 5.90. The third-order valence-corrected chi connectivity index (χ3v) is 3.21. The molecule has 1 aromatic heterocycles. The predicted molar refractivity (Wildman–Crippen MR) is 84.4 cm³/mol. The molecule has 0 saturated carbocycles. The first-order valence-electron chi connectivity index (χ1n) is 6.87. The second kappa shape index (κ2) is 6.13. The minimum Gasteiger partial charge on any atom is -0.508 e. The average molecular weight is 293 g/mol. The van der Waals surface area contributed by atoms with Crippen LogP contribution < -0.4 is 5.32 Å². The normalized spacial score (nSPS) is 10.4. The monoisotopic (exact) mass is 293 g/mol. The first kappa shape index (κ1) is 13.9. The van der Waals surface area contributed by atoms with Crippen LogP contribution in [0.3, 0.4) is 0 Å². The van der Waals surface area contributed by atoms with E-state index in [1.807, 2.05) is 30.3 Å². The predicted octanol–water partition coefficient (Wildman–Crippen LogP) is 2.89. The highest BCUT2D eigenvalue weighted by Crippen LogP contribution is 2.24. The summed E-state index contributed by atoms with van der Waals surface area (Å²) in [6.45, 7) is 0.182. The summed E-state index contributed by atoms with van der Waals surface area (Å²) in [6, 6.07) is 16.3. The average Bonchev–Trinajstić information content (AvgIpc) is 3.01. The van der Waals surface area contributed by atoms with Crippen molar-refractivity contribution in [3.8, 4) is 16.9 Å². The molecular formula is C17H15N3O2. The molecule has 0 atom stereocenters. The largest absolute Gasteiger partial charge is 0.508 e. The van der Waals surface area contributed by atoms with Gasteiger partial charge >= 0.3 is 0 Å². The van der Waals surface area contributed by atoms with Gasteiger partial charge in [0.05, 0.1) is 0 Å². The third-order valence-electron chi connectivity index (χ3n) is 3.21. The molecule has 0 bridgehead atoms. The van der Waals surface area contributed by atoms with Crippen LogP contribution in [0.5, 0.6) is 5.75 Å². The molecule has 2 N–H and O–H groups in total. The molecule has 0 unspecified atom stereocenters. The molecule has 1 amide bonds. The highest BCUT2D eigenvalue weighted by Gasteiger charge is 2.04.